The van der Waals surface area contributed by atoms with Crippen molar-refractivity contribution in [3.63, 3.8) is 0 Å². The molecule has 1 heterocycles. The lowest BCUT2D eigenvalue weighted by Gasteiger charge is -2.45. The minimum atomic E-state index is -0.897. The van der Waals surface area contributed by atoms with Crippen molar-refractivity contribution in [2.75, 3.05) is 7.11 Å². The van der Waals surface area contributed by atoms with Gasteiger partial charge in [0.05, 0.1) is 12.2 Å². The van der Waals surface area contributed by atoms with E-state index in [1.54, 1.807) is 0 Å². The topological polar surface area (TPSA) is 58.9 Å². The quantitative estimate of drug-likeness (QED) is 0.675. The van der Waals surface area contributed by atoms with Gasteiger partial charge in [-0.1, -0.05) is 20.8 Å². The van der Waals surface area contributed by atoms with Crippen molar-refractivity contribution in [1.82, 2.24) is 0 Å². The minimum absolute atomic E-state index is 0.201. The molecule has 0 radical (unpaired) electrons. The van der Waals surface area contributed by atoms with Crippen molar-refractivity contribution in [2.24, 2.45) is 5.41 Å². The largest absolute Gasteiger partial charge is 0.388 e. The third-order valence-electron chi connectivity index (χ3n) is 2.95. The molecule has 5 atom stereocenters. The third-order valence-corrected chi connectivity index (χ3v) is 2.95. The van der Waals surface area contributed by atoms with Gasteiger partial charge in [0.2, 0.25) is 0 Å². The van der Waals surface area contributed by atoms with Crippen LogP contribution in [0.15, 0.2) is 0 Å². The van der Waals surface area contributed by atoms with Gasteiger partial charge in [-0.25, -0.2) is 0 Å². The third kappa shape index (κ3) is 2.50. The van der Waals surface area contributed by atoms with Crippen molar-refractivity contribution < 1.29 is 19.7 Å². The molecule has 1 saturated heterocycles. The zero-order chi connectivity index (χ0) is 11.8. The highest BCUT2D eigenvalue weighted by molar-refractivity contribution is 4.95. The van der Waals surface area contributed by atoms with Crippen molar-refractivity contribution >= 4 is 0 Å². The van der Waals surface area contributed by atoms with Crippen molar-refractivity contribution in [3.05, 3.63) is 0 Å². The second-order valence-electron chi connectivity index (χ2n) is 5.31. The fraction of sp³-hybridized carbons (Fsp3) is 1.00. The molecule has 1 aliphatic rings. The summed E-state index contributed by atoms with van der Waals surface area (Å²) in [5.74, 6) is 0. The highest BCUT2D eigenvalue weighted by atomic mass is 16.6. The summed E-state index contributed by atoms with van der Waals surface area (Å²) < 4.78 is 10.8. The Morgan fingerprint density at radius 1 is 1.13 bits per heavy atom. The minimum Gasteiger partial charge on any atom is -0.388 e. The Kier molecular flexibility index (Phi) is 3.76. The summed E-state index contributed by atoms with van der Waals surface area (Å²) in [6, 6.07) is 0. The number of aliphatic hydroxyl groups excluding tert-OH is 2. The van der Waals surface area contributed by atoms with E-state index in [0.29, 0.717) is 0 Å². The van der Waals surface area contributed by atoms with Gasteiger partial charge in [0.1, 0.15) is 18.3 Å². The SMILES string of the molecule is COC1C(C)OC(C(C)(C)C)C(O)C1O. The summed E-state index contributed by atoms with van der Waals surface area (Å²) in [4.78, 5) is 0. The monoisotopic (exact) mass is 218 g/mol. The average Bonchev–Trinajstić information content (AvgIpc) is 2.10. The van der Waals surface area contributed by atoms with Crippen LogP contribution in [0.5, 0.6) is 0 Å². The number of ether oxygens (including phenoxy) is 2. The predicted molar refractivity (Wildman–Crippen MR) is 56.6 cm³/mol. The first kappa shape index (κ1) is 12.9. The zero-order valence-corrected chi connectivity index (χ0v) is 10.1. The van der Waals surface area contributed by atoms with E-state index in [1.165, 1.54) is 7.11 Å². The van der Waals surface area contributed by atoms with Gasteiger partial charge in [0.15, 0.2) is 0 Å². The van der Waals surface area contributed by atoms with Crippen LogP contribution in [-0.2, 0) is 9.47 Å². The van der Waals surface area contributed by atoms with Gasteiger partial charge in [-0.05, 0) is 12.3 Å². The Balaban J connectivity index is 2.82. The summed E-state index contributed by atoms with van der Waals surface area (Å²) in [5, 5.41) is 19.8. The van der Waals surface area contributed by atoms with E-state index in [1.807, 2.05) is 27.7 Å². The molecule has 0 aromatic carbocycles. The van der Waals surface area contributed by atoms with Gasteiger partial charge < -0.3 is 19.7 Å². The first-order valence-electron chi connectivity index (χ1n) is 5.33. The Morgan fingerprint density at radius 2 is 1.67 bits per heavy atom. The summed E-state index contributed by atoms with van der Waals surface area (Å²) in [6.45, 7) is 7.79. The van der Waals surface area contributed by atoms with Gasteiger partial charge in [0.25, 0.3) is 0 Å². The average molecular weight is 218 g/mol. The van der Waals surface area contributed by atoms with Gasteiger partial charge in [-0.15, -0.1) is 0 Å². The second-order valence-corrected chi connectivity index (χ2v) is 5.31. The van der Waals surface area contributed by atoms with Crippen molar-refractivity contribution in [2.45, 2.75) is 58.2 Å². The molecule has 5 unspecified atom stereocenters. The van der Waals surface area contributed by atoms with Crippen LogP contribution in [-0.4, -0.2) is 47.8 Å². The number of rotatable bonds is 1. The first-order valence-corrected chi connectivity index (χ1v) is 5.33. The smallest absolute Gasteiger partial charge is 0.111 e. The molecule has 4 nitrogen and oxygen atoms in total. The summed E-state index contributed by atoms with van der Waals surface area (Å²) in [7, 11) is 1.51. The van der Waals surface area contributed by atoms with Gasteiger partial charge in [0, 0.05) is 7.11 Å². The maximum Gasteiger partial charge on any atom is 0.111 e. The molecule has 0 aromatic rings. The Morgan fingerprint density at radius 3 is 2.07 bits per heavy atom. The van der Waals surface area contributed by atoms with Crippen molar-refractivity contribution in [1.29, 1.82) is 0 Å². The molecule has 0 aromatic heterocycles. The molecular weight excluding hydrogens is 196 g/mol. The number of hydrogen-bond acceptors (Lipinski definition) is 4. The predicted octanol–water partition coefficient (Wildman–Crippen LogP) is 0.557. The van der Waals surface area contributed by atoms with E-state index in [2.05, 4.69) is 0 Å². The molecule has 0 aliphatic carbocycles. The van der Waals surface area contributed by atoms with Crippen LogP contribution in [0.3, 0.4) is 0 Å². The van der Waals surface area contributed by atoms with E-state index in [0.717, 1.165) is 0 Å². The van der Waals surface area contributed by atoms with Gasteiger partial charge >= 0.3 is 0 Å². The second kappa shape index (κ2) is 4.37. The lowest BCUT2D eigenvalue weighted by Crippen LogP contribution is -2.60. The molecule has 2 N–H and O–H groups in total. The molecule has 90 valence electrons. The van der Waals surface area contributed by atoms with Crippen LogP contribution in [0.25, 0.3) is 0 Å². The summed E-state index contributed by atoms with van der Waals surface area (Å²) in [5.41, 5.74) is -0.201. The summed E-state index contributed by atoms with van der Waals surface area (Å²) in [6.07, 6.45) is -2.82. The number of methoxy groups -OCH3 is 1. The van der Waals surface area contributed by atoms with Crippen LogP contribution in [0, 0.1) is 5.41 Å². The first-order chi connectivity index (χ1) is 6.79. The van der Waals surface area contributed by atoms with Crippen LogP contribution < -0.4 is 0 Å². The highest BCUT2D eigenvalue weighted by Crippen LogP contribution is 2.33. The van der Waals surface area contributed by atoms with Crippen LogP contribution in [0.4, 0.5) is 0 Å². The maximum atomic E-state index is 9.94. The molecule has 0 saturated carbocycles. The maximum absolute atomic E-state index is 9.94. The normalized spacial score (nSPS) is 43.0. The highest BCUT2D eigenvalue weighted by Gasteiger charge is 2.46. The summed E-state index contributed by atoms with van der Waals surface area (Å²) >= 11 is 0. The van der Waals surface area contributed by atoms with E-state index in [9.17, 15) is 10.2 Å². The molecule has 0 amide bonds. The number of aliphatic hydroxyl groups is 2. The lowest BCUT2D eigenvalue weighted by atomic mass is 9.80. The van der Waals surface area contributed by atoms with Gasteiger partial charge in [-0.2, -0.15) is 0 Å². The molecule has 1 aliphatic heterocycles. The van der Waals surface area contributed by atoms with E-state index in [-0.39, 0.29) is 17.6 Å². The molecule has 1 fully saturated rings. The molecule has 0 spiro atoms. The Bertz CT molecular complexity index is 211. The fourth-order valence-electron chi connectivity index (χ4n) is 2.09. The zero-order valence-electron chi connectivity index (χ0n) is 10.1. The standard InChI is InChI=1S/C11H22O4/c1-6-9(14-5)7(12)8(13)10(15-6)11(2,3)4/h6-10,12-13H,1-5H3. The van der Waals surface area contributed by atoms with Crippen LogP contribution >= 0.6 is 0 Å². The van der Waals surface area contributed by atoms with Crippen LogP contribution in [0.2, 0.25) is 0 Å². The Hall–Kier alpha value is -0.160. The van der Waals surface area contributed by atoms with Gasteiger partial charge in [-0.3, -0.25) is 0 Å². The molecule has 15 heavy (non-hydrogen) atoms. The van der Waals surface area contributed by atoms with Crippen LogP contribution in [0.1, 0.15) is 27.7 Å². The fourth-order valence-corrected chi connectivity index (χ4v) is 2.09. The number of hydrogen-bond donors (Lipinski definition) is 2. The molecule has 0 bridgehead atoms. The Labute approximate surface area is 91.2 Å². The lowest BCUT2D eigenvalue weighted by molar-refractivity contribution is -0.245. The van der Waals surface area contributed by atoms with Crippen molar-refractivity contribution in [3.8, 4) is 0 Å². The molecule has 1 rings (SSSR count). The van der Waals surface area contributed by atoms with E-state index >= 15 is 0 Å². The van der Waals surface area contributed by atoms with E-state index < -0.39 is 18.3 Å². The molecular formula is C11H22O4. The molecule has 4 heteroatoms. The van der Waals surface area contributed by atoms with E-state index in [4.69, 9.17) is 9.47 Å².